The molecule has 17 nitrogen and oxygen atoms in total. The summed E-state index contributed by atoms with van der Waals surface area (Å²) in [5.74, 6) is -1.82. The summed E-state index contributed by atoms with van der Waals surface area (Å²) < 4.78 is 50.7. The van der Waals surface area contributed by atoms with E-state index in [1.807, 2.05) is 122 Å². The fourth-order valence-electron chi connectivity index (χ4n) is 9.41. The molecule has 2 saturated heterocycles. The molecule has 0 saturated carbocycles. The second-order valence-corrected chi connectivity index (χ2v) is 19.3. The fourth-order valence-corrected chi connectivity index (χ4v) is 10.6. The van der Waals surface area contributed by atoms with Gasteiger partial charge in [0.2, 0.25) is 5.91 Å². The minimum atomic E-state index is -4.51. The van der Waals surface area contributed by atoms with Crippen molar-refractivity contribution in [2.75, 3.05) is 34.0 Å². The average Bonchev–Trinajstić information content (AvgIpc) is 4.19. The molecule has 0 radical (unpaired) electrons. The van der Waals surface area contributed by atoms with Crippen molar-refractivity contribution in [2.45, 2.75) is 63.3 Å². The van der Waals surface area contributed by atoms with Gasteiger partial charge in [-0.2, -0.15) is 12.7 Å². The van der Waals surface area contributed by atoms with Crippen LogP contribution in [0.1, 0.15) is 53.5 Å². The maximum Gasteiger partial charge on any atom is 0.426 e. The lowest BCUT2D eigenvalue weighted by Gasteiger charge is -2.31. The summed E-state index contributed by atoms with van der Waals surface area (Å²) in [6.45, 7) is 2.14. The lowest BCUT2D eigenvalue weighted by atomic mass is 9.98. The molecule has 2 fully saturated rings. The van der Waals surface area contributed by atoms with Crippen LogP contribution < -0.4 is 5.73 Å². The van der Waals surface area contributed by atoms with Gasteiger partial charge in [0.1, 0.15) is 25.3 Å². The number of ether oxygens (including phenoxy) is 4. The lowest BCUT2D eigenvalue weighted by Crippen LogP contribution is -2.53. The predicted octanol–water partition coefficient (Wildman–Crippen LogP) is 7.35. The quantitative estimate of drug-likeness (QED) is 0.0805. The SMILES string of the molecule is COC(=O)[C@@H](N)Cc1c[nH]c2ccccc12.COC(=O)[C@H](Cc1c[nH]c2ccccc12)N1CC[C@H](C)C1=O.O=C(OCc1ccccc1)[C@@H]1CCOS(=O)(=O)N1C(=O)OCC1c2ccccc2-c2ccccc21. The number of benzene rings is 5. The minimum Gasteiger partial charge on any atom is -0.468 e. The number of H-pyrrole nitrogens is 2. The van der Waals surface area contributed by atoms with Crippen LogP contribution in [0.3, 0.4) is 0 Å². The first-order valence-corrected chi connectivity index (χ1v) is 25.2. The number of hydrogen-bond donors (Lipinski definition) is 3. The normalized spacial score (nSPS) is 17.5. The Bertz CT molecular complexity index is 3170. The van der Waals surface area contributed by atoms with Gasteiger partial charge in [0.25, 0.3) is 0 Å². The fraction of sp³-hybridized carbons (Fsp3) is 0.291. The highest BCUT2D eigenvalue weighted by molar-refractivity contribution is 7.85. The zero-order chi connectivity index (χ0) is 51.6. The van der Waals surface area contributed by atoms with Crippen LogP contribution in [-0.2, 0) is 72.1 Å². The molecule has 18 heteroatoms. The molecule has 4 N–H and O–H groups in total. The zero-order valence-electron chi connectivity index (χ0n) is 40.6. The van der Waals surface area contributed by atoms with Crippen LogP contribution in [0, 0.1) is 5.92 Å². The average molecular weight is 1010 g/mol. The van der Waals surface area contributed by atoms with E-state index in [-0.39, 0.29) is 55.9 Å². The summed E-state index contributed by atoms with van der Waals surface area (Å²) in [6, 6.07) is 37.9. The van der Waals surface area contributed by atoms with Crippen molar-refractivity contribution in [2.24, 2.45) is 11.7 Å². The topological polar surface area (TPSA) is 230 Å². The Morgan fingerprint density at radius 1 is 0.712 bits per heavy atom. The molecule has 2 aromatic heterocycles. The van der Waals surface area contributed by atoms with E-state index in [2.05, 4.69) is 14.7 Å². The highest BCUT2D eigenvalue weighted by Crippen LogP contribution is 2.44. The van der Waals surface area contributed by atoms with Gasteiger partial charge in [-0.3, -0.25) is 13.8 Å². The van der Waals surface area contributed by atoms with E-state index in [0.717, 1.165) is 67.2 Å². The molecule has 2 aliphatic heterocycles. The first-order chi connectivity index (χ1) is 35.3. The number of nitrogens with zero attached hydrogens (tertiary/aromatic N) is 2. The molecular formula is C55H57N5O12S. The predicted molar refractivity (Wildman–Crippen MR) is 272 cm³/mol. The van der Waals surface area contributed by atoms with Gasteiger partial charge in [-0.25, -0.2) is 14.4 Å². The highest BCUT2D eigenvalue weighted by Gasteiger charge is 2.46. The first-order valence-electron chi connectivity index (χ1n) is 23.9. The molecule has 3 aliphatic rings. The Morgan fingerprint density at radius 3 is 1.84 bits per heavy atom. The third-order valence-electron chi connectivity index (χ3n) is 13.2. The number of hydrogen-bond acceptors (Lipinski definition) is 13. The van der Waals surface area contributed by atoms with Crippen molar-refractivity contribution in [1.29, 1.82) is 0 Å². The van der Waals surface area contributed by atoms with Crippen LogP contribution >= 0.6 is 0 Å². The number of para-hydroxylation sites is 2. The number of nitrogens with one attached hydrogen (secondary N) is 2. The number of esters is 3. The summed E-state index contributed by atoms with van der Waals surface area (Å²) in [5, 5.41) is 2.18. The lowest BCUT2D eigenvalue weighted by molar-refractivity contribution is -0.151. The molecule has 4 heterocycles. The number of methoxy groups -OCH3 is 2. The molecule has 1 aliphatic carbocycles. The third kappa shape index (κ3) is 11.6. The molecule has 5 aromatic carbocycles. The van der Waals surface area contributed by atoms with E-state index in [1.165, 1.54) is 14.2 Å². The van der Waals surface area contributed by atoms with Crippen LogP contribution in [0.15, 0.2) is 140 Å². The standard InChI is InChI=1S/C26H23NO7S.C17H20N2O3.C12H14N2O2/c28-25(32-16-18-8-2-1-3-9-18)24-14-15-34-35(30,31)27(24)26(29)33-17-23-21-12-6-4-10-19(21)20-11-5-7-13-22(20)23;1-11-7-8-19(16(11)20)15(17(21)22-2)9-12-10-18-14-6-4-3-5-13(12)14;1-16-12(15)10(13)6-8-7-14-11-5-3-2-4-9(8)11/h1-13,23-24H,14-17H2;3-6,10-11,15,18H,7-9H2,1-2H3;2-5,7,10,14H,6,13H2,1H3/t24-;11-,15-;10-/m000/s1. The molecule has 0 spiro atoms. The first kappa shape index (κ1) is 51.6. The van der Waals surface area contributed by atoms with Gasteiger partial charge in [0.15, 0.2) is 6.04 Å². The van der Waals surface area contributed by atoms with Crippen molar-refractivity contribution < 1.29 is 55.5 Å². The Hall–Kier alpha value is -7.80. The summed E-state index contributed by atoms with van der Waals surface area (Å²) >= 11 is 0. The summed E-state index contributed by atoms with van der Waals surface area (Å²) in [4.78, 5) is 69.5. The van der Waals surface area contributed by atoms with Crippen LogP contribution in [0.2, 0.25) is 0 Å². The number of amides is 2. The maximum absolute atomic E-state index is 13.0. The number of likely N-dealkylation sites (tertiary alicyclic amines) is 1. The van der Waals surface area contributed by atoms with Gasteiger partial charge in [0.05, 0.1) is 20.8 Å². The van der Waals surface area contributed by atoms with Crippen LogP contribution in [0.4, 0.5) is 4.79 Å². The number of carbonyl (C=O) groups excluding carboxylic acids is 5. The Kier molecular flexibility index (Phi) is 16.4. The maximum atomic E-state index is 13.0. The van der Waals surface area contributed by atoms with E-state index >= 15 is 0 Å². The molecule has 2 amide bonds. The monoisotopic (exact) mass is 1010 g/mol. The van der Waals surface area contributed by atoms with Crippen LogP contribution in [0.25, 0.3) is 32.9 Å². The smallest absolute Gasteiger partial charge is 0.426 e. The third-order valence-corrected chi connectivity index (χ3v) is 14.6. The number of fused-ring (bicyclic) bond motifs is 5. The summed E-state index contributed by atoms with van der Waals surface area (Å²) in [6.07, 6.45) is 4.33. The van der Waals surface area contributed by atoms with Gasteiger partial charge in [-0.15, -0.1) is 0 Å². The van der Waals surface area contributed by atoms with Crippen molar-refractivity contribution in [1.82, 2.24) is 19.2 Å². The molecule has 380 valence electrons. The van der Waals surface area contributed by atoms with Gasteiger partial charge in [0, 0.05) is 71.8 Å². The molecule has 4 atom stereocenters. The van der Waals surface area contributed by atoms with Gasteiger partial charge in [-0.05, 0) is 57.5 Å². The Balaban J connectivity index is 0.000000160. The number of carbonyl (C=O) groups is 5. The molecule has 0 bridgehead atoms. The molecule has 73 heavy (non-hydrogen) atoms. The number of aromatic amines is 2. The number of aromatic nitrogens is 2. The van der Waals surface area contributed by atoms with Crippen LogP contribution in [0.5, 0.6) is 0 Å². The highest BCUT2D eigenvalue weighted by atomic mass is 32.2. The number of nitrogens with two attached hydrogens (primary N) is 1. The van der Waals surface area contributed by atoms with Crippen molar-refractivity contribution in [3.8, 4) is 11.1 Å². The van der Waals surface area contributed by atoms with Crippen LogP contribution in [-0.4, -0.2) is 110 Å². The largest absolute Gasteiger partial charge is 0.468 e. The van der Waals surface area contributed by atoms with E-state index in [1.54, 1.807) is 29.2 Å². The second kappa shape index (κ2) is 23.2. The summed E-state index contributed by atoms with van der Waals surface area (Å²) in [5.41, 5.74) is 14.7. The van der Waals surface area contributed by atoms with E-state index < -0.39 is 40.5 Å². The minimum absolute atomic E-state index is 0.0184. The number of rotatable bonds is 12. The molecule has 7 aromatic rings. The van der Waals surface area contributed by atoms with Gasteiger partial charge < -0.3 is 39.5 Å². The van der Waals surface area contributed by atoms with Crippen molar-refractivity contribution in [3.63, 3.8) is 0 Å². The Morgan fingerprint density at radius 2 is 1.26 bits per heavy atom. The van der Waals surface area contributed by atoms with Crippen molar-refractivity contribution in [3.05, 3.63) is 168 Å². The van der Waals surface area contributed by atoms with E-state index in [0.29, 0.717) is 23.7 Å². The molecular weight excluding hydrogens is 955 g/mol. The zero-order valence-corrected chi connectivity index (χ0v) is 41.4. The van der Waals surface area contributed by atoms with Gasteiger partial charge >= 0.3 is 34.3 Å². The van der Waals surface area contributed by atoms with E-state index in [9.17, 15) is 32.4 Å². The molecule has 0 unspecified atom stereocenters. The Labute approximate surface area is 422 Å². The van der Waals surface area contributed by atoms with E-state index in [4.69, 9.17) is 24.1 Å². The van der Waals surface area contributed by atoms with Crippen molar-refractivity contribution >= 4 is 62.0 Å². The molecule has 10 rings (SSSR count). The van der Waals surface area contributed by atoms with Gasteiger partial charge in [-0.1, -0.05) is 122 Å². The second-order valence-electron chi connectivity index (χ2n) is 17.8. The summed E-state index contributed by atoms with van der Waals surface area (Å²) in [7, 11) is -1.79.